The lowest BCUT2D eigenvalue weighted by molar-refractivity contribution is 0.152. The van der Waals surface area contributed by atoms with Crippen LogP contribution in [0.2, 0.25) is 0 Å². The SMILES string of the molecule is COc1ccccc1OC1(C)NCCS1. The number of rotatable bonds is 3. The van der Waals surface area contributed by atoms with Crippen LogP contribution in [0.4, 0.5) is 0 Å². The summed E-state index contributed by atoms with van der Waals surface area (Å²) in [5, 5.41) is 2.99. The molecule has 1 aliphatic heterocycles. The van der Waals surface area contributed by atoms with Gasteiger partial charge in [-0.3, -0.25) is 5.32 Å². The molecule has 0 amide bonds. The maximum Gasteiger partial charge on any atom is 0.206 e. The van der Waals surface area contributed by atoms with E-state index in [1.807, 2.05) is 31.2 Å². The molecule has 1 aromatic rings. The highest BCUT2D eigenvalue weighted by molar-refractivity contribution is 8.00. The molecule has 2 rings (SSSR count). The largest absolute Gasteiger partial charge is 0.493 e. The molecule has 1 atom stereocenters. The van der Waals surface area contributed by atoms with Gasteiger partial charge in [-0.1, -0.05) is 23.9 Å². The van der Waals surface area contributed by atoms with E-state index >= 15 is 0 Å². The molecule has 82 valence electrons. The molecule has 4 heteroatoms. The summed E-state index contributed by atoms with van der Waals surface area (Å²) in [6.07, 6.45) is 0. The zero-order valence-electron chi connectivity index (χ0n) is 8.95. The van der Waals surface area contributed by atoms with Crippen LogP contribution in [0.25, 0.3) is 0 Å². The van der Waals surface area contributed by atoms with Gasteiger partial charge >= 0.3 is 0 Å². The first-order valence-corrected chi connectivity index (χ1v) is 5.93. The summed E-state index contributed by atoms with van der Waals surface area (Å²) >= 11 is 1.77. The lowest BCUT2D eigenvalue weighted by Gasteiger charge is -2.25. The molecule has 1 aliphatic rings. The van der Waals surface area contributed by atoms with E-state index in [2.05, 4.69) is 5.32 Å². The molecule has 15 heavy (non-hydrogen) atoms. The Bertz CT molecular complexity index is 337. The van der Waals surface area contributed by atoms with Gasteiger partial charge in [0.25, 0.3) is 0 Å². The molecule has 1 saturated heterocycles. The Hall–Kier alpha value is -0.870. The summed E-state index contributed by atoms with van der Waals surface area (Å²) < 4.78 is 11.2. The van der Waals surface area contributed by atoms with E-state index in [1.165, 1.54) is 0 Å². The Morgan fingerprint density at radius 3 is 2.67 bits per heavy atom. The number of thioether (sulfide) groups is 1. The normalized spacial score (nSPS) is 25.2. The summed E-state index contributed by atoms with van der Waals surface area (Å²) in [5.41, 5.74) is 0. The third kappa shape index (κ3) is 2.38. The van der Waals surface area contributed by atoms with E-state index in [9.17, 15) is 0 Å². The predicted octanol–water partition coefficient (Wildman–Crippen LogP) is 2.08. The second-order valence-electron chi connectivity index (χ2n) is 3.47. The van der Waals surface area contributed by atoms with Gasteiger partial charge in [-0.15, -0.1) is 0 Å². The minimum Gasteiger partial charge on any atom is -0.493 e. The van der Waals surface area contributed by atoms with Gasteiger partial charge in [-0.05, 0) is 19.1 Å². The van der Waals surface area contributed by atoms with Gasteiger partial charge in [-0.2, -0.15) is 0 Å². The van der Waals surface area contributed by atoms with E-state index in [0.717, 1.165) is 23.8 Å². The van der Waals surface area contributed by atoms with Crippen LogP contribution >= 0.6 is 11.8 Å². The Balaban J connectivity index is 2.16. The van der Waals surface area contributed by atoms with E-state index in [0.29, 0.717) is 0 Å². The average molecular weight is 225 g/mol. The molecule has 1 heterocycles. The quantitative estimate of drug-likeness (QED) is 0.853. The van der Waals surface area contributed by atoms with Crippen molar-refractivity contribution in [3.8, 4) is 11.5 Å². The first-order valence-electron chi connectivity index (χ1n) is 4.94. The second-order valence-corrected chi connectivity index (χ2v) is 4.95. The van der Waals surface area contributed by atoms with Crippen molar-refractivity contribution < 1.29 is 9.47 Å². The van der Waals surface area contributed by atoms with Crippen LogP contribution in [0.3, 0.4) is 0 Å². The van der Waals surface area contributed by atoms with Gasteiger partial charge in [0.1, 0.15) is 0 Å². The van der Waals surface area contributed by atoms with Crippen LogP contribution in [0.5, 0.6) is 11.5 Å². The van der Waals surface area contributed by atoms with Crippen molar-refractivity contribution in [2.75, 3.05) is 19.4 Å². The first-order chi connectivity index (χ1) is 7.23. The molecule has 0 bridgehead atoms. The molecule has 1 fully saturated rings. The minimum absolute atomic E-state index is 0.325. The lowest BCUT2D eigenvalue weighted by Crippen LogP contribution is -2.39. The molecule has 1 aromatic carbocycles. The van der Waals surface area contributed by atoms with Gasteiger partial charge in [0.2, 0.25) is 5.06 Å². The number of nitrogens with one attached hydrogen (secondary N) is 1. The number of ether oxygens (including phenoxy) is 2. The second kappa shape index (κ2) is 4.33. The van der Waals surface area contributed by atoms with Crippen molar-refractivity contribution in [2.24, 2.45) is 0 Å². The molecule has 0 aromatic heterocycles. The standard InChI is InChI=1S/C11H15NO2S/c1-11(12-7-8-15-11)14-10-6-4-3-5-9(10)13-2/h3-6,12H,7-8H2,1-2H3. The number of benzene rings is 1. The predicted molar refractivity (Wildman–Crippen MR) is 62.5 cm³/mol. The van der Waals surface area contributed by atoms with Gasteiger partial charge < -0.3 is 9.47 Å². The maximum atomic E-state index is 5.91. The minimum atomic E-state index is -0.325. The van der Waals surface area contributed by atoms with Crippen LogP contribution in [-0.2, 0) is 0 Å². The van der Waals surface area contributed by atoms with E-state index in [4.69, 9.17) is 9.47 Å². The highest BCUT2D eigenvalue weighted by atomic mass is 32.2. The summed E-state index contributed by atoms with van der Waals surface area (Å²) in [6.45, 7) is 3.02. The molecular formula is C11H15NO2S. The fourth-order valence-electron chi connectivity index (χ4n) is 1.55. The van der Waals surface area contributed by atoms with E-state index in [1.54, 1.807) is 18.9 Å². The van der Waals surface area contributed by atoms with Crippen molar-refractivity contribution >= 4 is 11.8 Å². The molecule has 0 saturated carbocycles. The molecule has 0 radical (unpaired) electrons. The molecule has 0 spiro atoms. The fourth-order valence-corrected chi connectivity index (χ4v) is 2.50. The highest BCUT2D eigenvalue weighted by Gasteiger charge is 2.31. The fraction of sp³-hybridized carbons (Fsp3) is 0.455. The van der Waals surface area contributed by atoms with Crippen LogP contribution in [0, 0.1) is 0 Å². The molecule has 3 nitrogen and oxygen atoms in total. The Morgan fingerprint density at radius 2 is 2.07 bits per heavy atom. The first kappa shape index (κ1) is 10.6. The molecule has 1 unspecified atom stereocenters. The summed E-state index contributed by atoms with van der Waals surface area (Å²) in [4.78, 5) is 0. The van der Waals surface area contributed by atoms with Gasteiger partial charge in [0, 0.05) is 12.3 Å². The van der Waals surface area contributed by atoms with Crippen LogP contribution in [0.1, 0.15) is 6.92 Å². The smallest absolute Gasteiger partial charge is 0.206 e. The van der Waals surface area contributed by atoms with Crippen molar-refractivity contribution in [3.05, 3.63) is 24.3 Å². The third-order valence-electron chi connectivity index (χ3n) is 2.30. The third-order valence-corrected chi connectivity index (χ3v) is 3.49. The molecular weight excluding hydrogens is 210 g/mol. The zero-order valence-corrected chi connectivity index (χ0v) is 9.76. The van der Waals surface area contributed by atoms with Crippen molar-refractivity contribution in [1.82, 2.24) is 5.32 Å². The number of methoxy groups -OCH3 is 1. The van der Waals surface area contributed by atoms with Crippen LogP contribution < -0.4 is 14.8 Å². The van der Waals surface area contributed by atoms with Crippen molar-refractivity contribution in [1.29, 1.82) is 0 Å². The number of hydrogen-bond donors (Lipinski definition) is 1. The zero-order chi connectivity index (χ0) is 10.7. The molecule has 1 N–H and O–H groups in total. The summed E-state index contributed by atoms with van der Waals surface area (Å²) in [7, 11) is 1.65. The maximum absolute atomic E-state index is 5.91. The van der Waals surface area contributed by atoms with E-state index < -0.39 is 0 Å². The van der Waals surface area contributed by atoms with Gasteiger partial charge in [0.15, 0.2) is 11.5 Å². The summed E-state index contributed by atoms with van der Waals surface area (Å²) in [6, 6.07) is 7.70. The summed E-state index contributed by atoms with van der Waals surface area (Å²) in [5.74, 6) is 2.63. The monoisotopic (exact) mass is 225 g/mol. The van der Waals surface area contributed by atoms with Crippen molar-refractivity contribution in [2.45, 2.75) is 12.0 Å². The topological polar surface area (TPSA) is 30.5 Å². The number of para-hydroxylation sites is 2. The number of hydrogen-bond acceptors (Lipinski definition) is 4. The average Bonchev–Trinajstić information content (AvgIpc) is 2.66. The highest BCUT2D eigenvalue weighted by Crippen LogP contribution is 2.34. The van der Waals surface area contributed by atoms with Crippen molar-refractivity contribution in [3.63, 3.8) is 0 Å². The van der Waals surface area contributed by atoms with E-state index in [-0.39, 0.29) is 5.06 Å². The lowest BCUT2D eigenvalue weighted by atomic mass is 10.3. The molecule has 0 aliphatic carbocycles. The Labute approximate surface area is 94.2 Å². The van der Waals surface area contributed by atoms with Gasteiger partial charge in [-0.25, -0.2) is 0 Å². The Kier molecular flexibility index (Phi) is 3.07. The van der Waals surface area contributed by atoms with Crippen LogP contribution in [-0.4, -0.2) is 24.5 Å². The Morgan fingerprint density at radius 1 is 1.33 bits per heavy atom. The van der Waals surface area contributed by atoms with Crippen LogP contribution in [0.15, 0.2) is 24.3 Å². The van der Waals surface area contributed by atoms with Gasteiger partial charge in [0.05, 0.1) is 7.11 Å².